The number of anilines is 1. The maximum absolute atomic E-state index is 12.9. The molecular weight excluding hydrogens is 319 g/mol. The Bertz CT molecular complexity index is 711. The van der Waals surface area contributed by atoms with Crippen molar-refractivity contribution in [3.05, 3.63) is 65.5 Å². The van der Waals surface area contributed by atoms with Gasteiger partial charge in [0.1, 0.15) is 5.82 Å². The molecule has 0 fully saturated rings. The zero-order chi connectivity index (χ0) is 18.1. The first kappa shape index (κ1) is 18.4. The molecule has 0 heterocycles. The summed E-state index contributed by atoms with van der Waals surface area (Å²) in [6.07, 6.45) is 0. The standard InChI is InChI=1S/C19H23FN4O/c1-3-21-19(22-12-15-6-4-14(2)5-7-15)23-13-18(25)24-17-10-8-16(20)9-11-17/h4-11H,3,12-13H2,1-2H3,(H,24,25)(H2,21,22,23). The van der Waals surface area contributed by atoms with Crippen molar-refractivity contribution in [2.45, 2.75) is 20.4 Å². The number of aryl methyl sites for hydroxylation is 1. The van der Waals surface area contributed by atoms with Crippen molar-refractivity contribution in [2.75, 3.05) is 18.4 Å². The van der Waals surface area contributed by atoms with Gasteiger partial charge in [0.05, 0.1) is 13.1 Å². The van der Waals surface area contributed by atoms with Crippen molar-refractivity contribution in [3.8, 4) is 0 Å². The molecule has 6 heteroatoms. The number of rotatable bonds is 6. The van der Waals surface area contributed by atoms with Crippen molar-refractivity contribution in [3.63, 3.8) is 0 Å². The summed E-state index contributed by atoms with van der Waals surface area (Å²) in [5.74, 6) is -0.00123. The van der Waals surface area contributed by atoms with Crippen LogP contribution in [0.1, 0.15) is 18.1 Å². The van der Waals surface area contributed by atoms with Crippen molar-refractivity contribution in [1.82, 2.24) is 10.6 Å². The molecule has 2 rings (SSSR count). The summed E-state index contributed by atoms with van der Waals surface area (Å²) in [5, 5.41) is 8.78. The van der Waals surface area contributed by atoms with Gasteiger partial charge in [0.25, 0.3) is 0 Å². The average Bonchev–Trinajstić information content (AvgIpc) is 2.61. The lowest BCUT2D eigenvalue weighted by Crippen LogP contribution is -2.41. The third kappa shape index (κ3) is 6.63. The summed E-state index contributed by atoms with van der Waals surface area (Å²) in [6, 6.07) is 13.8. The molecule has 0 saturated heterocycles. The zero-order valence-electron chi connectivity index (χ0n) is 14.5. The molecule has 132 valence electrons. The SMILES string of the molecule is CCNC(=NCc1ccc(C)cc1)NCC(=O)Nc1ccc(F)cc1. The van der Waals surface area contributed by atoms with Crippen molar-refractivity contribution in [1.29, 1.82) is 0 Å². The first-order chi connectivity index (χ1) is 12.1. The van der Waals surface area contributed by atoms with Crippen LogP contribution in [0.15, 0.2) is 53.5 Å². The third-order valence-electron chi connectivity index (χ3n) is 3.43. The summed E-state index contributed by atoms with van der Waals surface area (Å²) in [6.45, 7) is 5.28. The Morgan fingerprint density at radius 2 is 1.72 bits per heavy atom. The highest BCUT2D eigenvalue weighted by Gasteiger charge is 2.04. The average molecular weight is 342 g/mol. The number of aliphatic imine (C=N–C) groups is 1. The monoisotopic (exact) mass is 342 g/mol. The quantitative estimate of drug-likeness (QED) is 0.559. The van der Waals surface area contributed by atoms with Crippen LogP contribution in [0.2, 0.25) is 0 Å². The van der Waals surface area contributed by atoms with Gasteiger partial charge >= 0.3 is 0 Å². The molecule has 2 aromatic rings. The van der Waals surface area contributed by atoms with E-state index in [0.717, 1.165) is 5.56 Å². The first-order valence-electron chi connectivity index (χ1n) is 8.20. The van der Waals surface area contributed by atoms with E-state index in [2.05, 4.69) is 20.9 Å². The van der Waals surface area contributed by atoms with Crippen molar-refractivity contribution in [2.24, 2.45) is 4.99 Å². The molecule has 2 aromatic carbocycles. The molecule has 5 nitrogen and oxygen atoms in total. The Morgan fingerprint density at radius 1 is 1.04 bits per heavy atom. The molecule has 0 aliphatic carbocycles. The van der Waals surface area contributed by atoms with Gasteiger partial charge in [0.2, 0.25) is 5.91 Å². The van der Waals surface area contributed by atoms with Gasteiger partial charge in [0.15, 0.2) is 5.96 Å². The highest BCUT2D eigenvalue weighted by atomic mass is 19.1. The van der Waals surface area contributed by atoms with Gasteiger partial charge in [-0.3, -0.25) is 4.79 Å². The van der Waals surface area contributed by atoms with Gasteiger partial charge in [-0.25, -0.2) is 9.38 Å². The predicted octanol–water partition coefficient (Wildman–Crippen LogP) is 2.83. The number of hydrogen-bond donors (Lipinski definition) is 3. The van der Waals surface area contributed by atoms with Crippen LogP contribution in [0, 0.1) is 12.7 Å². The van der Waals surface area contributed by atoms with E-state index in [1.165, 1.54) is 29.8 Å². The van der Waals surface area contributed by atoms with E-state index in [4.69, 9.17) is 0 Å². The van der Waals surface area contributed by atoms with Crippen LogP contribution in [0.25, 0.3) is 0 Å². The molecule has 0 aliphatic rings. The molecule has 0 radical (unpaired) electrons. The number of guanidine groups is 1. The molecule has 0 atom stereocenters. The molecule has 0 bridgehead atoms. The summed E-state index contributed by atoms with van der Waals surface area (Å²) in [4.78, 5) is 16.4. The fraction of sp³-hybridized carbons (Fsp3) is 0.263. The molecule has 3 N–H and O–H groups in total. The molecular formula is C19H23FN4O. The van der Waals surface area contributed by atoms with Crippen LogP contribution >= 0.6 is 0 Å². The van der Waals surface area contributed by atoms with Gasteiger partial charge in [-0.1, -0.05) is 29.8 Å². The zero-order valence-corrected chi connectivity index (χ0v) is 14.5. The Morgan fingerprint density at radius 3 is 2.36 bits per heavy atom. The van der Waals surface area contributed by atoms with E-state index in [-0.39, 0.29) is 18.3 Å². The topological polar surface area (TPSA) is 65.5 Å². The van der Waals surface area contributed by atoms with E-state index in [9.17, 15) is 9.18 Å². The second-order valence-corrected chi connectivity index (χ2v) is 5.59. The third-order valence-corrected chi connectivity index (χ3v) is 3.43. The number of nitrogens with zero attached hydrogens (tertiary/aromatic N) is 1. The number of nitrogens with one attached hydrogen (secondary N) is 3. The van der Waals surface area contributed by atoms with Crippen molar-refractivity contribution >= 4 is 17.6 Å². The lowest BCUT2D eigenvalue weighted by Gasteiger charge is -2.11. The van der Waals surface area contributed by atoms with Crippen molar-refractivity contribution < 1.29 is 9.18 Å². The molecule has 0 aliphatic heterocycles. The smallest absolute Gasteiger partial charge is 0.243 e. The van der Waals surface area contributed by atoms with Crippen LogP contribution in [0.4, 0.5) is 10.1 Å². The van der Waals surface area contributed by atoms with Gasteiger partial charge in [-0.05, 0) is 43.7 Å². The van der Waals surface area contributed by atoms with E-state index < -0.39 is 0 Å². The largest absolute Gasteiger partial charge is 0.357 e. The Kier molecular flexibility index (Phi) is 6.95. The highest BCUT2D eigenvalue weighted by Crippen LogP contribution is 2.07. The Labute approximate surface area is 147 Å². The number of amides is 1. The van der Waals surface area contributed by atoms with E-state index in [0.29, 0.717) is 24.7 Å². The van der Waals surface area contributed by atoms with Gasteiger partial charge in [-0.2, -0.15) is 0 Å². The Hall–Kier alpha value is -2.89. The first-order valence-corrected chi connectivity index (χ1v) is 8.20. The van der Waals surface area contributed by atoms with Gasteiger partial charge < -0.3 is 16.0 Å². The number of hydrogen-bond acceptors (Lipinski definition) is 2. The van der Waals surface area contributed by atoms with E-state index in [1.807, 2.05) is 38.1 Å². The van der Waals surface area contributed by atoms with Gasteiger partial charge in [-0.15, -0.1) is 0 Å². The number of halogens is 1. The molecule has 0 saturated carbocycles. The van der Waals surface area contributed by atoms with Crippen LogP contribution in [0.5, 0.6) is 0 Å². The molecule has 25 heavy (non-hydrogen) atoms. The van der Waals surface area contributed by atoms with Crippen LogP contribution in [-0.2, 0) is 11.3 Å². The predicted molar refractivity (Wildman–Crippen MR) is 99.0 cm³/mol. The van der Waals surface area contributed by atoms with Crippen LogP contribution in [-0.4, -0.2) is 25.0 Å². The summed E-state index contributed by atoms with van der Waals surface area (Å²) < 4.78 is 12.9. The van der Waals surface area contributed by atoms with Gasteiger partial charge in [0, 0.05) is 12.2 Å². The normalized spacial score (nSPS) is 11.1. The fourth-order valence-corrected chi connectivity index (χ4v) is 2.11. The highest BCUT2D eigenvalue weighted by molar-refractivity contribution is 5.94. The lowest BCUT2D eigenvalue weighted by atomic mass is 10.1. The fourth-order valence-electron chi connectivity index (χ4n) is 2.11. The molecule has 1 amide bonds. The molecule has 0 unspecified atom stereocenters. The summed E-state index contributed by atoms with van der Waals surface area (Å²) in [5.41, 5.74) is 2.85. The number of carbonyl (C=O) groups excluding carboxylic acids is 1. The summed E-state index contributed by atoms with van der Waals surface area (Å²) >= 11 is 0. The minimum Gasteiger partial charge on any atom is -0.357 e. The maximum Gasteiger partial charge on any atom is 0.243 e. The maximum atomic E-state index is 12.9. The number of carbonyl (C=O) groups is 1. The minimum atomic E-state index is -0.339. The van der Waals surface area contributed by atoms with E-state index in [1.54, 1.807) is 0 Å². The second-order valence-electron chi connectivity index (χ2n) is 5.59. The second kappa shape index (κ2) is 9.42. The summed E-state index contributed by atoms with van der Waals surface area (Å²) in [7, 11) is 0. The number of benzene rings is 2. The molecule has 0 spiro atoms. The minimum absolute atomic E-state index is 0.0666. The van der Waals surface area contributed by atoms with Crippen LogP contribution in [0.3, 0.4) is 0 Å². The Balaban J connectivity index is 1.87. The molecule has 0 aromatic heterocycles. The lowest BCUT2D eigenvalue weighted by molar-refractivity contribution is -0.115. The van der Waals surface area contributed by atoms with Crippen LogP contribution < -0.4 is 16.0 Å². The van der Waals surface area contributed by atoms with E-state index >= 15 is 0 Å².